The van der Waals surface area contributed by atoms with Gasteiger partial charge in [-0.1, -0.05) is 37.3 Å². The van der Waals surface area contributed by atoms with Gasteiger partial charge in [0, 0.05) is 31.6 Å². The van der Waals surface area contributed by atoms with Crippen molar-refractivity contribution in [1.82, 2.24) is 14.7 Å². The zero-order valence-electron chi connectivity index (χ0n) is 14.2. The summed E-state index contributed by atoms with van der Waals surface area (Å²) in [6.45, 7) is 3.10. The first-order valence-corrected chi connectivity index (χ1v) is 8.17. The highest BCUT2D eigenvalue weighted by Crippen LogP contribution is 2.34. The summed E-state index contributed by atoms with van der Waals surface area (Å²) in [5.41, 5.74) is -0.153. The number of alkyl halides is 3. The van der Waals surface area contributed by atoms with E-state index < -0.39 is 17.8 Å². The van der Waals surface area contributed by atoms with Crippen molar-refractivity contribution in [2.75, 3.05) is 13.1 Å². The van der Waals surface area contributed by atoms with Gasteiger partial charge in [0.2, 0.25) is 0 Å². The monoisotopic (exact) mass is 351 g/mol. The van der Waals surface area contributed by atoms with E-state index in [1.54, 1.807) is 4.90 Å². The third kappa shape index (κ3) is 3.41. The number of piperidine rings is 1. The molecule has 1 amide bonds. The fraction of sp³-hybridized carbons (Fsp3) is 0.444. The third-order valence-electron chi connectivity index (χ3n) is 4.84. The average molecular weight is 351 g/mol. The number of carbonyl (C=O) groups is 1. The first-order chi connectivity index (χ1) is 11.7. The number of hydrogen-bond acceptors (Lipinski definition) is 2. The number of hydrogen-bond donors (Lipinski definition) is 0. The molecule has 0 saturated carbocycles. The maximum atomic E-state index is 12.8. The van der Waals surface area contributed by atoms with Crippen LogP contribution in [-0.2, 0) is 18.6 Å². The van der Waals surface area contributed by atoms with Gasteiger partial charge < -0.3 is 4.90 Å². The minimum absolute atomic E-state index is 0.0374. The van der Waals surface area contributed by atoms with E-state index in [1.165, 1.54) is 7.05 Å². The number of aryl methyl sites for hydroxylation is 1. The second-order valence-corrected chi connectivity index (χ2v) is 6.79. The molecule has 1 atom stereocenters. The topological polar surface area (TPSA) is 38.1 Å². The molecule has 1 aliphatic heterocycles. The summed E-state index contributed by atoms with van der Waals surface area (Å²) < 4.78 is 39.5. The number of likely N-dealkylation sites (tertiary alicyclic amines) is 1. The summed E-state index contributed by atoms with van der Waals surface area (Å²) in [4.78, 5) is 14.4. The molecule has 3 rings (SSSR count). The second-order valence-electron chi connectivity index (χ2n) is 6.79. The van der Waals surface area contributed by atoms with Crippen LogP contribution >= 0.6 is 0 Å². The molecular weight excluding hydrogens is 331 g/mol. The molecule has 1 aliphatic rings. The zero-order chi connectivity index (χ0) is 18.2. The molecule has 4 nitrogen and oxygen atoms in total. The molecule has 0 bridgehead atoms. The zero-order valence-corrected chi connectivity index (χ0v) is 14.2. The number of rotatable bonds is 2. The summed E-state index contributed by atoms with van der Waals surface area (Å²) in [5, 5.41) is 3.44. The Kier molecular flexibility index (Phi) is 4.34. The molecule has 0 unspecified atom stereocenters. The van der Waals surface area contributed by atoms with Crippen LogP contribution in [0.2, 0.25) is 0 Å². The van der Waals surface area contributed by atoms with E-state index in [4.69, 9.17) is 0 Å². The smallest absolute Gasteiger partial charge is 0.336 e. The highest BCUT2D eigenvalue weighted by molar-refractivity contribution is 5.93. The SMILES string of the molecule is Cn1nc(C(F)(F)F)cc1C(=O)N1CCC[C@](C)(c2ccccc2)C1. The van der Waals surface area contributed by atoms with Crippen LogP contribution in [0.4, 0.5) is 13.2 Å². The Morgan fingerprint density at radius 3 is 2.52 bits per heavy atom. The molecule has 1 aromatic heterocycles. The molecule has 134 valence electrons. The van der Waals surface area contributed by atoms with Crippen LogP contribution in [0.15, 0.2) is 36.4 Å². The molecular formula is C18H20F3N3O. The van der Waals surface area contributed by atoms with Crippen molar-refractivity contribution in [1.29, 1.82) is 0 Å². The lowest BCUT2D eigenvalue weighted by Crippen LogP contribution is -2.47. The molecule has 0 N–H and O–H groups in total. The second kappa shape index (κ2) is 6.20. The quantitative estimate of drug-likeness (QED) is 0.829. The Morgan fingerprint density at radius 2 is 1.92 bits per heavy atom. The minimum Gasteiger partial charge on any atom is -0.336 e. The van der Waals surface area contributed by atoms with Crippen molar-refractivity contribution in [3.8, 4) is 0 Å². The predicted octanol–water partition coefficient (Wildman–Crippen LogP) is 3.63. The lowest BCUT2D eigenvalue weighted by Gasteiger charge is -2.41. The van der Waals surface area contributed by atoms with Gasteiger partial charge in [0.1, 0.15) is 5.69 Å². The van der Waals surface area contributed by atoms with Crippen LogP contribution in [0.3, 0.4) is 0 Å². The van der Waals surface area contributed by atoms with E-state index in [-0.39, 0.29) is 11.1 Å². The standard InChI is InChI=1S/C18H20F3N3O/c1-17(13-7-4-3-5-8-13)9-6-10-24(12-17)16(25)14-11-15(18(19,20)21)22-23(14)2/h3-5,7-8,11H,6,9-10,12H2,1-2H3/t17-/m0/s1. The Morgan fingerprint density at radius 1 is 1.24 bits per heavy atom. The van der Waals surface area contributed by atoms with Crippen LogP contribution in [0.1, 0.15) is 41.5 Å². The van der Waals surface area contributed by atoms with Crippen molar-refractivity contribution in [3.63, 3.8) is 0 Å². The number of halogens is 3. The number of amides is 1. The summed E-state index contributed by atoms with van der Waals surface area (Å²) in [6, 6.07) is 10.7. The van der Waals surface area contributed by atoms with E-state index in [0.717, 1.165) is 29.2 Å². The molecule has 2 heterocycles. The maximum Gasteiger partial charge on any atom is 0.435 e. The van der Waals surface area contributed by atoms with Crippen LogP contribution in [0, 0.1) is 0 Å². The van der Waals surface area contributed by atoms with Crippen molar-refractivity contribution in [3.05, 3.63) is 53.3 Å². The Bertz CT molecular complexity index is 770. The molecule has 0 spiro atoms. The number of aromatic nitrogens is 2. The summed E-state index contributed by atoms with van der Waals surface area (Å²) in [7, 11) is 1.36. The van der Waals surface area contributed by atoms with Gasteiger partial charge in [0.05, 0.1) is 0 Å². The molecule has 7 heteroatoms. The van der Waals surface area contributed by atoms with Gasteiger partial charge in [-0.05, 0) is 18.4 Å². The summed E-state index contributed by atoms with van der Waals surface area (Å²) in [6.07, 6.45) is -2.82. The molecule has 1 saturated heterocycles. The van der Waals surface area contributed by atoms with E-state index in [9.17, 15) is 18.0 Å². The first kappa shape index (κ1) is 17.5. The van der Waals surface area contributed by atoms with Gasteiger partial charge >= 0.3 is 6.18 Å². The number of nitrogens with zero attached hydrogens (tertiary/aromatic N) is 3. The fourth-order valence-electron chi connectivity index (χ4n) is 3.46. The summed E-state index contributed by atoms with van der Waals surface area (Å²) >= 11 is 0. The van der Waals surface area contributed by atoms with Crippen LogP contribution in [0.5, 0.6) is 0 Å². The van der Waals surface area contributed by atoms with Gasteiger partial charge in [-0.3, -0.25) is 9.48 Å². The third-order valence-corrected chi connectivity index (χ3v) is 4.84. The maximum absolute atomic E-state index is 12.8. The minimum atomic E-state index is -4.56. The largest absolute Gasteiger partial charge is 0.435 e. The van der Waals surface area contributed by atoms with Crippen LogP contribution in [-0.4, -0.2) is 33.7 Å². The highest BCUT2D eigenvalue weighted by Gasteiger charge is 2.38. The normalized spacial score (nSPS) is 21.4. The number of benzene rings is 1. The van der Waals surface area contributed by atoms with E-state index >= 15 is 0 Å². The molecule has 2 aromatic rings. The Hall–Kier alpha value is -2.31. The van der Waals surface area contributed by atoms with Gasteiger partial charge in [-0.25, -0.2) is 0 Å². The molecule has 0 radical (unpaired) electrons. The van der Waals surface area contributed by atoms with Gasteiger partial charge in [-0.2, -0.15) is 18.3 Å². The predicted molar refractivity (Wildman–Crippen MR) is 87.1 cm³/mol. The van der Waals surface area contributed by atoms with Crippen molar-refractivity contribution in [2.45, 2.75) is 31.4 Å². The molecule has 25 heavy (non-hydrogen) atoms. The van der Waals surface area contributed by atoms with Crippen LogP contribution in [0.25, 0.3) is 0 Å². The Balaban J connectivity index is 1.85. The molecule has 1 fully saturated rings. The van der Waals surface area contributed by atoms with Crippen molar-refractivity contribution in [2.24, 2.45) is 7.05 Å². The molecule has 1 aromatic carbocycles. The lowest BCUT2D eigenvalue weighted by molar-refractivity contribution is -0.141. The molecule has 0 aliphatic carbocycles. The van der Waals surface area contributed by atoms with E-state index in [2.05, 4.69) is 12.0 Å². The Labute approximate surface area is 144 Å². The highest BCUT2D eigenvalue weighted by atomic mass is 19.4. The summed E-state index contributed by atoms with van der Waals surface area (Å²) in [5.74, 6) is -0.410. The number of carbonyl (C=O) groups excluding carboxylic acids is 1. The van der Waals surface area contributed by atoms with Crippen LogP contribution < -0.4 is 0 Å². The van der Waals surface area contributed by atoms with Crippen molar-refractivity contribution < 1.29 is 18.0 Å². The van der Waals surface area contributed by atoms with E-state index in [0.29, 0.717) is 13.1 Å². The lowest BCUT2D eigenvalue weighted by atomic mass is 9.76. The van der Waals surface area contributed by atoms with E-state index in [1.807, 2.05) is 30.3 Å². The fourth-order valence-corrected chi connectivity index (χ4v) is 3.46. The van der Waals surface area contributed by atoms with Gasteiger partial charge in [0.15, 0.2) is 5.69 Å². The van der Waals surface area contributed by atoms with Gasteiger partial charge in [-0.15, -0.1) is 0 Å². The van der Waals surface area contributed by atoms with Crippen molar-refractivity contribution >= 4 is 5.91 Å². The average Bonchev–Trinajstić information content (AvgIpc) is 2.97. The first-order valence-electron chi connectivity index (χ1n) is 8.17. The van der Waals surface area contributed by atoms with Gasteiger partial charge in [0.25, 0.3) is 5.91 Å².